The number of carbonyl (C=O) groups excluding carboxylic acids is 2. The molecule has 8 nitrogen and oxygen atoms in total. The minimum atomic E-state index is -2.08. The lowest BCUT2D eigenvalue weighted by Crippen LogP contribution is -2.67. The van der Waals surface area contributed by atoms with Crippen molar-refractivity contribution in [2.24, 2.45) is 5.73 Å². The van der Waals surface area contributed by atoms with Crippen LogP contribution in [0.2, 0.25) is 18.1 Å². The van der Waals surface area contributed by atoms with Gasteiger partial charge < -0.3 is 19.6 Å². The quantitative estimate of drug-likeness (QED) is 0.634. The van der Waals surface area contributed by atoms with E-state index in [1.807, 2.05) is 41.5 Å². The Morgan fingerprint density at radius 2 is 1.23 bits per heavy atom. The van der Waals surface area contributed by atoms with E-state index >= 15 is 0 Å². The Morgan fingerprint density at radius 1 is 0.839 bits per heavy atom. The lowest BCUT2D eigenvalue weighted by Gasteiger charge is -2.48. The molecular formula is C22H45N3O5Si. The number of nitrogens with zero attached hydrogens (tertiary/aromatic N) is 2. The Balaban J connectivity index is 3.20. The van der Waals surface area contributed by atoms with Crippen LogP contribution in [0.4, 0.5) is 9.59 Å². The van der Waals surface area contributed by atoms with E-state index in [2.05, 4.69) is 33.9 Å². The van der Waals surface area contributed by atoms with Gasteiger partial charge in [0.15, 0.2) is 8.32 Å². The van der Waals surface area contributed by atoms with Crippen molar-refractivity contribution in [3.8, 4) is 0 Å². The summed E-state index contributed by atoms with van der Waals surface area (Å²) in [7, 11) is -2.08. The number of ether oxygens (including phenoxy) is 2. The Morgan fingerprint density at radius 3 is 1.55 bits per heavy atom. The van der Waals surface area contributed by atoms with Crippen molar-refractivity contribution in [2.45, 2.75) is 104 Å². The molecule has 0 spiro atoms. The van der Waals surface area contributed by atoms with Crippen LogP contribution in [0.15, 0.2) is 0 Å². The van der Waals surface area contributed by atoms with Crippen molar-refractivity contribution in [2.75, 3.05) is 26.2 Å². The van der Waals surface area contributed by atoms with E-state index in [1.54, 1.807) is 9.80 Å². The van der Waals surface area contributed by atoms with Crippen LogP contribution in [0.3, 0.4) is 0 Å². The van der Waals surface area contributed by atoms with E-state index in [0.29, 0.717) is 13.1 Å². The molecule has 1 unspecified atom stereocenters. The fourth-order valence-corrected chi connectivity index (χ4v) is 4.07. The minimum absolute atomic E-state index is 0.0154. The van der Waals surface area contributed by atoms with Crippen LogP contribution in [0.5, 0.6) is 0 Å². The van der Waals surface area contributed by atoms with E-state index in [4.69, 9.17) is 19.6 Å². The highest BCUT2D eigenvalue weighted by Crippen LogP contribution is 2.37. The van der Waals surface area contributed by atoms with Gasteiger partial charge in [0.1, 0.15) is 11.2 Å². The van der Waals surface area contributed by atoms with Gasteiger partial charge in [-0.25, -0.2) is 9.59 Å². The molecule has 0 aromatic carbocycles. The minimum Gasteiger partial charge on any atom is -0.444 e. The molecule has 0 radical (unpaired) electrons. The SMILES string of the molecule is CC(C)(C)OC(=O)N1CCN(C(=O)OC(C)(C)C)[C@H](CN)C1CO[Si](C)(C)C(C)(C)C. The molecule has 1 saturated heterocycles. The predicted octanol–water partition coefficient (Wildman–Crippen LogP) is 4.19. The summed E-state index contributed by atoms with van der Waals surface area (Å²) in [5, 5.41) is 0.0154. The molecule has 0 saturated carbocycles. The average molecular weight is 460 g/mol. The molecule has 2 N–H and O–H groups in total. The highest BCUT2D eigenvalue weighted by atomic mass is 28.4. The number of piperazine rings is 1. The summed E-state index contributed by atoms with van der Waals surface area (Å²) in [6, 6.07) is -0.851. The summed E-state index contributed by atoms with van der Waals surface area (Å²) in [5.74, 6) is 0. The van der Waals surface area contributed by atoms with Gasteiger partial charge in [-0.05, 0) is 59.7 Å². The van der Waals surface area contributed by atoms with E-state index in [-0.39, 0.29) is 18.2 Å². The molecule has 182 valence electrons. The van der Waals surface area contributed by atoms with Crippen molar-refractivity contribution in [1.82, 2.24) is 9.80 Å². The zero-order valence-corrected chi connectivity index (χ0v) is 22.5. The normalized spacial score (nSPS) is 21.2. The third-order valence-corrected chi connectivity index (χ3v) is 10.2. The number of carbonyl (C=O) groups is 2. The molecule has 1 fully saturated rings. The van der Waals surface area contributed by atoms with E-state index in [9.17, 15) is 9.59 Å². The van der Waals surface area contributed by atoms with E-state index in [0.717, 1.165) is 0 Å². The number of hydrogen-bond donors (Lipinski definition) is 1. The number of rotatable bonds is 4. The highest BCUT2D eigenvalue weighted by molar-refractivity contribution is 6.74. The zero-order valence-electron chi connectivity index (χ0n) is 21.5. The van der Waals surface area contributed by atoms with E-state index in [1.165, 1.54) is 0 Å². The maximum absolute atomic E-state index is 13.0. The molecule has 1 aliphatic rings. The van der Waals surface area contributed by atoms with Gasteiger partial charge in [0.2, 0.25) is 0 Å². The average Bonchev–Trinajstić information content (AvgIpc) is 2.54. The molecule has 0 bridgehead atoms. The smallest absolute Gasteiger partial charge is 0.410 e. The first-order chi connectivity index (χ1) is 13.8. The molecule has 1 rings (SSSR count). The molecule has 0 aromatic rings. The molecular weight excluding hydrogens is 414 g/mol. The van der Waals surface area contributed by atoms with Gasteiger partial charge in [-0.2, -0.15) is 0 Å². The van der Waals surface area contributed by atoms with E-state index < -0.39 is 43.8 Å². The van der Waals surface area contributed by atoms with Crippen molar-refractivity contribution in [3.63, 3.8) is 0 Å². The Hall–Kier alpha value is -1.32. The zero-order chi connectivity index (χ0) is 24.4. The fourth-order valence-electron chi connectivity index (χ4n) is 3.05. The van der Waals surface area contributed by atoms with Gasteiger partial charge in [0, 0.05) is 19.6 Å². The third kappa shape index (κ3) is 7.95. The largest absolute Gasteiger partial charge is 0.444 e. The summed E-state index contributed by atoms with van der Waals surface area (Å²) >= 11 is 0. The monoisotopic (exact) mass is 459 g/mol. The molecule has 0 aromatic heterocycles. The molecule has 1 heterocycles. The van der Waals surface area contributed by atoms with Gasteiger partial charge in [0.25, 0.3) is 0 Å². The van der Waals surface area contributed by atoms with Crippen molar-refractivity contribution in [1.29, 1.82) is 0 Å². The van der Waals surface area contributed by atoms with Gasteiger partial charge in [0.05, 0.1) is 18.7 Å². The van der Waals surface area contributed by atoms with Crippen molar-refractivity contribution >= 4 is 20.5 Å². The first kappa shape index (κ1) is 27.7. The van der Waals surface area contributed by atoms with Gasteiger partial charge >= 0.3 is 12.2 Å². The first-order valence-corrected chi connectivity index (χ1v) is 14.0. The predicted molar refractivity (Wildman–Crippen MR) is 126 cm³/mol. The molecule has 2 amide bonds. The van der Waals surface area contributed by atoms with Gasteiger partial charge in [-0.15, -0.1) is 0 Å². The van der Waals surface area contributed by atoms with Crippen LogP contribution in [0.1, 0.15) is 62.3 Å². The topological polar surface area (TPSA) is 94.3 Å². The molecule has 9 heteroatoms. The van der Waals surface area contributed by atoms with Crippen molar-refractivity contribution < 1.29 is 23.5 Å². The van der Waals surface area contributed by atoms with Crippen LogP contribution in [0.25, 0.3) is 0 Å². The summed E-state index contributed by atoms with van der Waals surface area (Å²) < 4.78 is 17.7. The number of hydrogen-bond acceptors (Lipinski definition) is 6. The van der Waals surface area contributed by atoms with Crippen LogP contribution in [-0.2, 0) is 13.9 Å². The lowest BCUT2D eigenvalue weighted by atomic mass is 10.0. The van der Waals surface area contributed by atoms with Crippen LogP contribution >= 0.6 is 0 Å². The highest BCUT2D eigenvalue weighted by Gasteiger charge is 2.45. The van der Waals surface area contributed by atoms with Crippen LogP contribution < -0.4 is 5.73 Å². The summed E-state index contributed by atoms with van der Waals surface area (Å²) in [6.45, 7) is 23.0. The molecule has 31 heavy (non-hydrogen) atoms. The molecule has 1 aliphatic heterocycles. The second-order valence-corrected chi connectivity index (χ2v) is 16.6. The second-order valence-electron chi connectivity index (χ2n) is 11.8. The second kappa shape index (κ2) is 9.66. The maximum Gasteiger partial charge on any atom is 0.410 e. The standard InChI is InChI=1S/C22H45N3O5Si/c1-20(2,3)29-18(26)24-12-13-25(19(27)30-21(4,5)6)17(16(24)14-23)15-28-31(10,11)22(7,8)9/h16-17H,12-15,23H2,1-11H3/t16-,17?/m1/s1. The summed E-state index contributed by atoms with van der Waals surface area (Å²) in [6.07, 6.45) is -0.845. The summed E-state index contributed by atoms with van der Waals surface area (Å²) in [5.41, 5.74) is 4.89. The number of amides is 2. The summed E-state index contributed by atoms with van der Waals surface area (Å²) in [4.78, 5) is 29.2. The Bertz CT molecular complexity index is 635. The third-order valence-electron chi connectivity index (χ3n) is 5.75. The lowest BCUT2D eigenvalue weighted by molar-refractivity contribution is -0.0407. The number of nitrogens with two attached hydrogens (primary N) is 1. The van der Waals surface area contributed by atoms with Gasteiger partial charge in [-0.1, -0.05) is 20.8 Å². The Labute approximate surface area is 189 Å². The van der Waals surface area contributed by atoms with Crippen LogP contribution in [0, 0.1) is 0 Å². The molecule has 0 aliphatic carbocycles. The first-order valence-electron chi connectivity index (χ1n) is 11.1. The van der Waals surface area contributed by atoms with Gasteiger partial charge in [-0.3, -0.25) is 9.80 Å². The maximum atomic E-state index is 13.0. The molecule has 2 atom stereocenters. The fraction of sp³-hybridized carbons (Fsp3) is 0.909. The van der Waals surface area contributed by atoms with Crippen molar-refractivity contribution in [3.05, 3.63) is 0 Å². The van der Waals surface area contributed by atoms with Crippen LogP contribution in [-0.4, -0.2) is 79.8 Å². The Kier molecular flexibility index (Phi) is 8.64.